The number of sulfonamides is 1. The molecule has 0 saturated carbocycles. The fraction of sp³-hybridized carbons (Fsp3) is 0.538. The second-order valence-electron chi connectivity index (χ2n) is 5.30. The van der Waals surface area contributed by atoms with E-state index in [0.717, 1.165) is 0 Å². The number of hydrogen-bond acceptors (Lipinski definition) is 3. The number of nitrogens with zero attached hydrogens (tertiary/aromatic N) is 1. The minimum Gasteiger partial charge on any atom is -0.309 e. The first-order valence-electron chi connectivity index (χ1n) is 6.67. The minimum absolute atomic E-state index is 0.113. The van der Waals surface area contributed by atoms with Crippen LogP contribution in [0.4, 0.5) is 26.3 Å². The molecule has 0 aromatic heterocycles. The molecule has 0 aliphatic carbocycles. The van der Waals surface area contributed by atoms with E-state index in [9.17, 15) is 34.8 Å². The van der Waals surface area contributed by atoms with Gasteiger partial charge in [0.15, 0.2) is 0 Å². The normalized spacial score (nSPS) is 13.5. The van der Waals surface area contributed by atoms with E-state index in [0.29, 0.717) is 13.0 Å². The van der Waals surface area contributed by atoms with Gasteiger partial charge in [-0.2, -0.15) is 26.3 Å². The largest absolute Gasteiger partial charge is 0.416 e. The molecule has 0 heterocycles. The summed E-state index contributed by atoms with van der Waals surface area (Å²) < 4.78 is 102. The van der Waals surface area contributed by atoms with Gasteiger partial charge in [0.25, 0.3) is 0 Å². The lowest BCUT2D eigenvalue weighted by Gasteiger charge is -2.15. The fourth-order valence-corrected chi connectivity index (χ4v) is 2.91. The smallest absolute Gasteiger partial charge is 0.309 e. The van der Waals surface area contributed by atoms with Crippen LogP contribution in [0.25, 0.3) is 0 Å². The lowest BCUT2D eigenvalue weighted by molar-refractivity contribution is -0.143. The zero-order valence-corrected chi connectivity index (χ0v) is 13.6. The summed E-state index contributed by atoms with van der Waals surface area (Å²) in [6, 6.07) is 0.248. The molecular weight excluding hydrogens is 362 g/mol. The molecule has 24 heavy (non-hydrogen) atoms. The Morgan fingerprint density at radius 1 is 0.958 bits per heavy atom. The van der Waals surface area contributed by atoms with Gasteiger partial charge in [0.2, 0.25) is 10.0 Å². The first kappa shape index (κ1) is 20.7. The van der Waals surface area contributed by atoms with E-state index >= 15 is 0 Å². The molecular formula is C13H16F6N2O2S. The lowest BCUT2D eigenvalue weighted by Crippen LogP contribution is -2.28. The number of alkyl halides is 6. The average Bonchev–Trinajstić information content (AvgIpc) is 2.41. The van der Waals surface area contributed by atoms with E-state index in [2.05, 4.69) is 0 Å². The Bertz CT molecular complexity index is 636. The van der Waals surface area contributed by atoms with Crippen LogP contribution in [-0.2, 0) is 22.4 Å². The van der Waals surface area contributed by atoms with E-state index < -0.39 is 38.4 Å². The highest BCUT2D eigenvalue weighted by Gasteiger charge is 2.38. The topological polar surface area (TPSA) is 49.4 Å². The van der Waals surface area contributed by atoms with Crippen LogP contribution in [0.15, 0.2) is 23.1 Å². The third kappa shape index (κ3) is 5.95. The van der Waals surface area contributed by atoms with Crippen LogP contribution in [0.1, 0.15) is 17.5 Å². The van der Waals surface area contributed by atoms with Gasteiger partial charge in [0, 0.05) is 6.54 Å². The lowest BCUT2D eigenvalue weighted by atomic mass is 10.1. The van der Waals surface area contributed by atoms with Crippen LogP contribution in [0.5, 0.6) is 0 Å². The number of nitrogens with one attached hydrogen (secondary N) is 1. The fourth-order valence-electron chi connectivity index (χ4n) is 1.77. The van der Waals surface area contributed by atoms with Crippen molar-refractivity contribution in [2.75, 3.05) is 27.2 Å². The van der Waals surface area contributed by atoms with Crippen molar-refractivity contribution < 1.29 is 34.8 Å². The van der Waals surface area contributed by atoms with Gasteiger partial charge >= 0.3 is 12.4 Å². The summed E-state index contributed by atoms with van der Waals surface area (Å²) in [5, 5.41) is 0. The highest BCUT2D eigenvalue weighted by atomic mass is 32.2. The summed E-state index contributed by atoms with van der Waals surface area (Å²) in [4.78, 5) is 0.676. The molecule has 0 saturated heterocycles. The van der Waals surface area contributed by atoms with Crippen molar-refractivity contribution in [1.29, 1.82) is 0 Å². The molecule has 0 unspecified atom stereocenters. The molecule has 4 nitrogen and oxygen atoms in total. The quantitative estimate of drug-likeness (QED) is 0.612. The standard InChI is InChI=1S/C13H16F6N2O2S/c1-21(2)5-3-4-20-24(22,23)11-7-9(12(14,15)16)6-10(8-11)13(17,18)19/h6-8,20H,3-5H2,1-2H3. The van der Waals surface area contributed by atoms with Crippen molar-refractivity contribution in [3.05, 3.63) is 29.3 Å². The molecule has 11 heteroatoms. The van der Waals surface area contributed by atoms with Gasteiger partial charge in [0.05, 0.1) is 16.0 Å². The summed E-state index contributed by atoms with van der Waals surface area (Å²) >= 11 is 0. The van der Waals surface area contributed by atoms with Gasteiger partial charge in [-0.15, -0.1) is 0 Å². The van der Waals surface area contributed by atoms with Gasteiger partial charge in [-0.05, 0) is 45.3 Å². The second-order valence-corrected chi connectivity index (χ2v) is 7.06. The molecule has 1 aromatic rings. The number of rotatable bonds is 6. The average molecular weight is 378 g/mol. The Labute approximate surface area is 135 Å². The maximum atomic E-state index is 12.7. The zero-order valence-electron chi connectivity index (χ0n) is 12.8. The van der Waals surface area contributed by atoms with Crippen molar-refractivity contribution in [3.63, 3.8) is 0 Å². The predicted molar refractivity (Wildman–Crippen MR) is 74.8 cm³/mol. The Morgan fingerprint density at radius 2 is 1.42 bits per heavy atom. The van der Waals surface area contributed by atoms with Crippen LogP contribution < -0.4 is 4.72 Å². The Hall–Kier alpha value is -1.33. The number of halogens is 6. The number of benzene rings is 1. The molecule has 0 aliphatic heterocycles. The SMILES string of the molecule is CN(C)CCCNS(=O)(=O)c1cc(C(F)(F)F)cc(C(F)(F)F)c1. The van der Waals surface area contributed by atoms with Crippen molar-refractivity contribution in [1.82, 2.24) is 9.62 Å². The first-order chi connectivity index (χ1) is 10.7. The Balaban J connectivity index is 3.17. The van der Waals surface area contributed by atoms with Gasteiger partial charge in [-0.1, -0.05) is 0 Å². The van der Waals surface area contributed by atoms with Crippen LogP contribution in [0.2, 0.25) is 0 Å². The third-order valence-corrected chi connectivity index (χ3v) is 4.39. The Morgan fingerprint density at radius 3 is 1.79 bits per heavy atom. The third-order valence-electron chi connectivity index (χ3n) is 2.95. The molecule has 0 radical (unpaired) electrons. The second kappa shape index (κ2) is 7.28. The molecule has 0 atom stereocenters. The van der Waals surface area contributed by atoms with E-state index in [4.69, 9.17) is 0 Å². The van der Waals surface area contributed by atoms with E-state index in [1.165, 1.54) is 0 Å². The molecule has 0 spiro atoms. The van der Waals surface area contributed by atoms with Crippen molar-refractivity contribution in [2.24, 2.45) is 0 Å². The van der Waals surface area contributed by atoms with Gasteiger partial charge in [0.1, 0.15) is 0 Å². The molecule has 0 bridgehead atoms. The maximum absolute atomic E-state index is 12.7. The summed E-state index contributed by atoms with van der Waals surface area (Å²) in [5.41, 5.74) is -3.35. The number of hydrogen-bond donors (Lipinski definition) is 1. The summed E-state index contributed by atoms with van der Waals surface area (Å²) in [6.07, 6.45) is -9.86. The molecule has 1 N–H and O–H groups in total. The molecule has 138 valence electrons. The van der Waals surface area contributed by atoms with E-state index in [1.807, 2.05) is 4.72 Å². The van der Waals surface area contributed by atoms with Crippen LogP contribution in [0.3, 0.4) is 0 Å². The molecule has 1 rings (SSSR count). The molecule has 0 aliphatic rings. The van der Waals surface area contributed by atoms with E-state index in [-0.39, 0.29) is 24.7 Å². The summed E-state index contributed by atoms with van der Waals surface area (Å²) in [6.45, 7) is 0.386. The van der Waals surface area contributed by atoms with Crippen LogP contribution >= 0.6 is 0 Å². The summed E-state index contributed by atoms with van der Waals surface area (Å²) in [7, 11) is -1.03. The molecule has 0 amide bonds. The Kier molecular flexibility index (Phi) is 6.28. The molecule has 1 aromatic carbocycles. The van der Waals surface area contributed by atoms with Gasteiger partial charge in [-0.25, -0.2) is 13.1 Å². The first-order valence-corrected chi connectivity index (χ1v) is 8.15. The van der Waals surface area contributed by atoms with Crippen LogP contribution in [0, 0.1) is 0 Å². The van der Waals surface area contributed by atoms with Crippen LogP contribution in [-0.4, -0.2) is 40.5 Å². The van der Waals surface area contributed by atoms with Gasteiger partial charge in [-0.3, -0.25) is 0 Å². The van der Waals surface area contributed by atoms with Crippen molar-refractivity contribution in [3.8, 4) is 0 Å². The van der Waals surface area contributed by atoms with E-state index in [1.54, 1.807) is 19.0 Å². The van der Waals surface area contributed by atoms with Gasteiger partial charge < -0.3 is 4.90 Å². The highest BCUT2D eigenvalue weighted by molar-refractivity contribution is 7.89. The highest BCUT2D eigenvalue weighted by Crippen LogP contribution is 2.37. The summed E-state index contributed by atoms with van der Waals surface area (Å²) in [5.74, 6) is 0. The zero-order chi connectivity index (χ0) is 18.8. The maximum Gasteiger partial charge on any atom is 0.416 e. The predicted octanol–water partition coefficient (Wildman–Crippen LogP) is 2.95. The molecule has 0 fully saturated rings. The minimum atomic E-state index is -5.10. The monoisotopic (exact) mass is 378 g/mol. The van der Waals surface area contributed by atoms with Crippen molar-refractivity contribution >= 4 is 10.0 Å². The van der Waals surface area contributed by atoms with Crippen molar-refractivity contribution in [2.45, 2.75) is 23.7 Å².